The van der Waals surface area contributed by atoms with Gasteiger partial charge in [0.25, 0.3) is 0 Å². The molecule has 26 heavy (non-hydrogen) atoms. The second kappa shape index (κ2) is 8.28. The molecule has 0 unspecified atom stereocenters. The molecule has 2 fully saturated rings. The summed E-state index contributed by atoms with van der Waals surface area (Å²) in [5.41, 5.74) is 0. The number of nitrogens with zero attached hydrogens (tertiary/aromatic N) is 2. The molecule has 0 spiro atoms. The van der Waals surface area contributed by atoms with Crippen molar-refractivity contribution in [3.05, 3.63) is 29.3 Å². The van der Waals surface area contributed by atoms with E-state index in [0.717, 1.165) is 19.4 Å². The van der Waals surface area contributed by atoms with Gasteiger partial charge in [0, 0.05) is 36.6 Å². The first-order chi connectivity index (χ1) is 12.4. The minimum Gasteiger partial charge on any atom is -0.340 e. The van der Waals surface area contributed by atoms with Gasteiger partial charge in [0.15, 0.2) is 0 Å². The van der Waals surface area contributed by atoms with Gasteiger partial charge >= 0.3 is 0 Å². The van der Waals surface area contributed by atoms with Gasteiger partial charge in [0.1, 0.15) is 0 Å². The number of halogens is 1. The fourth-order valence-electron chi connectivity index (χ4n) is 4.14. The van der Waals surface area contributed by atoms with E-state index in [1.54, 1.807) is 12.1 Å². The SMILES string of the molecule is CCN(C(=O)C1CCN(S(=O)(=O)c2ccc(Cl)cc2)CC1)C1CCCC1. The average molecular weight is 399 g/mol. The van der Waals surface area contributed by atoms with E-state index in [1.807, 2.05) is 11.8 Å². The minimum atomic E-state index is -3.52. The summed E-state index contributed by atoms with van der Waals surface area (Å²) in [6.07, 6.45) is 5.79. The molecule has 144 valence electrons. The summed E-state index contributed by atoms with van der Waals surface area (Å²) < 4.78 is 27.0. The first kappa shape index (κ1) is 19.6. The molecule has 1 aliphatic heterocycles. The predicted molar refractivity (Wildman–Crippen MR) is 103 cm³/mol. The van der Waals surface area contributed by atoms with Crippen molar-refractivity contribution in [2.45, 2.75) is 56.4 Å². The topological polar surface area (TPSA) is 57.7 Å². The van der Waals surface area contributed by atoms with Crippen LogP contribution in [0.25, 0.3) is 0 Å². The van der Waals surface area contributed by atoms with E-state index >= 15 is 0 Å². The molecule has 1 heterocycles. The molecule has 7 heteroatoms. The van der Waals surface area contributed by atoms with Gasteiger partial charge in [0.05, 0.1) is 4.90 Å². The highest BCUT2D eigenvalue weighted by molar-refractivity contribution is 7.89. The molecular formula is C19H27ClN2O3S. The summed E-state index contributed by atoms with van der Waals surface area (Å²) in [5.74, 6) is 0.148. The highest BCUT2D eigenvalue weighted by Crippen LogP contribution is 2.29. The van der Waals surface area contributed by atoms with Crippen molar-refractivity contribution in [2.75, 3.05) is 19.6 Å². The van der Waals surface area contributed by atoms with Gasteiger partial charge in [0.2, 0.25) is 15.9 Å². The zero-order valence-electron chi connectivity index (χ0n) is 15.2. The highest BCUT2D eigenvalue weighted by Gasteiger charge is 2.35. The normalized spacial score (nSPS) is 20.4. The van der Waals surface area contributed by atoms with E-state index in [1.165, 1.54) is 29.3 Å². The van der Waals surface area contributed by atoms with Crippen LogP contribution in [-0.2, 0) is 14.8 Å². The first-order valence-corrected chi connectivity index (χ1v) is 11.3. The molecule has 3 rings (SSSR count). The monoisotopic (exact) mass is 398 g/mol. The molecule has 1 aromatic rings. The molecule has 0 aromatic heterocycles. The molecule has 1 saturated carbocycles. The third kappa shape index (κ3) is 4.07. The number of hydrogen-bond donors (Lipinski definition) is 0. The van der Waals surface area contributed by atoms with Gasteiger partial charge in [-0.25, -0.2) is 8.42 Å². The van der Waals surface area contributed by atoms with Gasteiger partial charge in [-0.1, -0.05) is 24.4 Å². The van der Waals surface area contributed by atoms with E-state index in [4.69, 9.17) is 11.6 Å². The molecule has 0 radical (unpaired) electrons. The molecule has 1 aliphatic carbocycles. The quantitative estimate of drug-likeness (QED) is 0.762. The van der Waals surface area contributed by atoms with Crippen LogP contribution in [0.3, 0.4) is 0 Å². The summed E-state index contributed by atoms with van der Waals surface area (Å²) in [6.45, 7) is 3.57. The predicted octanol–water partition coefficient (Wildman–Crippen LogP) is 3.53. The van der Waals surface area contributed by atoms with Crippen molar-refractivity contribution >= 4 is 27.5 Å². The number of hydrogen-bond acceptors (Lipinski definition) is 3. The second-order valence-electron chi connectivity index (χ2n) is 7.19. The van der Waals surface area contributed by atoms with Crippen LogP contribution >= 0.6 is 11.6 Å². The molecule has 0 bridgehead atoms. The van der Waals surface area contributed by atoms with Crippen LogP contribution in [0.5, 0.6) is 0 Å². The lowest BCUT2D eigenvalue weighted by Gasteiger charge is -2.35. The molecular weight excluding hydrogens is 372 g/mol. The number of piperidine rings is 1. The van der Waals surface area contributed by atoms with Crippen LogP contribution in [-0.4, -0.2) is 49.2 Å². The Hall–Kier alpha value is -1.11. The van der Waals surface area contributed by atoms with Crippen molar-refractivity contribution in [3.63, 3.8) is 0 Å². The lowest BCUT2D eigenvalue weighted by molar-refractivity contribution is -0.138. The minimum absolute atomic E-state index is 0.0628. The Balaban J connectivity index is 1.63. The lowest BCUT2D eigenvalue weighted by atomic mass is 9.95. The number of benzene rings is 1. The maximum Gasteiger partial charge on any atom is 0.243 e. The molecule has 0 atom stereocenters. The third-order valence-corrected chi connectivity index (χ3v) is 7.81. The summed E-state index contributed by atoms with van der Waals surface area (Å²) in [7, 11) is -3.52. The van der Waals surface area contributed by atoms with Gasteiger partial charge < -0.3 is 4.90 Å². The zero-order chi connectivity index (χ0) is 18.7. The maximum absolute atomic E-state index is 12.9. The Morgan fingerprint density at radius 1 is 1.12 bits per heavy atom. The van der Waals surface area contributed by atoms with E-state index < -0.39 is 10.0 Å². The maximum atomic E-state index is 12.9. The van der Waals surface area contributed by atoms with Crippen molar-refractivity contribution < 1.29 is 13.2 Å². The fourth-order valence-corrected chi connectivity index (χ4v) is 5.74. The second-order valence-corrected chi connectivity index (χ2v) is 9.57. The van der Waals surface area contributed by atoms with Crippen LogP contribution in [0.15, 0.2) is 29.2 Å². The molecule has 0 N–H and O–H groups in total. The number of sulfonamides is 1. The highest BCUT2D eigenvalue weighted by atomic mass is 35.5. The van der Waals surface area contributed by atoms with E-state index in [0.29, 0.717) is 37.0 Å². The Bertz CT molecular complexity index is 722. The first-order valence-electron chi connectivity index (χ1n) is 9.49. The van der Waals surface area contributed by atoms with Crippen LogP contribution in [0.4, 0.5) is 0 Å². The molecule has 5 nitrogen and oxygen atoms in total. The van der Waals surface area contributed by atoms with Crippen molar-refractivity contribution in [1.29, 1.82) is 0 Å². The smallest absolute Gasteiger partial charge is 0.243 e. The van der Waals surface area contributed by atoms with Crippen LogP contribution in [0.1, 0.15) is 45.4 Å². The van der Waals surface area contributed by atoms with Crippen LogP contribution in [0.2, 0.25) is 5.02 Å². The third-order valence-electron chi connectivity index (χ3n) is 5.64. The lowest BCUT2D eigenvalue weighted by Crippen LogP contribution is -2.47. The molecule has 1 amide bonds. The number of carbonyl (C=O) groups is 1. The van der Waals surface area contributed by atoms with Crippen molar-refractivity contribution in [1.82, 2.24) is 9.21 Å². The Kier molecular flexibility index (Phi) is 6.25. The van der Waals surface area contributed by atoms with Gasteiger partial charge in [-0.2, -0.15) is 4.31 Å². The molecule has 1 saturated heterocycles. The largest absolute Gasteiger partial charge is 0.340 e. The number of amides is 1. The molecule has 1 aromatic carbocycles. The summed E-state index contributed by atoms with van der Waals surface area (Å²) in [6, 6.07) is 6.63. The average Bonchev–Trinajstić information content (AvgIpc) is 3.17. The molecule has 2 aliphatic rings. The van der Waals surface area contributed by atoms with E-state index in [-0.39, 0.29) is 16.7 Å². The Morgan fingerprint density at radius 2 is 1.69 bits per heavy atom. The van der Waals surface area contributed by atoms with E-state index in [9.17, 15) is 13.2 Å². The fraction of sp³-hybridized carbons (Fsp3) is 0.632. The standard InChI is InChI=1S/C19H27ClN2O3S/c1-2-22(17-5-3-4-6-17)19(23)15-11-13-21(14-12-15)26(24,25)18-9-7-16(20)8-10-18/h7-10,15,17H,2-6,11-14H2,1H3. The van der Waals surface area contributed by atoms with Gasteiger partial charge in [-0.05, 0) is 56.9 Å². The van der Waals surface area contributed by atoms with Gasteiger partial charge in [-0.3, -0.25) is 4.79 Å². The van der Waals surface area contributed by atoms with E-state index in [2.05, 4.69) is 0 Å². The summed E-state index contributed by atoms with van der Waals surface area (Å²) in [5, 5.41) is 0.514. The van der Waals surface area contributed by atoms with Crippen LogP contribution < -0.4 is 0 Å². The number of carbonyl (C=O) groups excluding carboxylic acids is 1. The van der Waals surface area contributed by atoms with Crippen molar-refractivity contribution in [3.8, 4) is 0 Å². The van der Waals surface area contributed by atoms with Crippen LogP contribution in [0, 0.1) is 5.92 Å². The summed E-state index contributed by atoms with van der Waals surface area (Å²) in [4.78, 5) is 15.2. The summed E-state index contributed by atoms with van der Waals surface area (Å²) >= 11 is 5.85. The Labute approximate surface area is 161 Å². The Morgan fingerprint density at radius 3 is 2.23 bits per heavy atom. The number of rotatable bonds is 5. The van der Waals surface area contributed by atoms with Gasteiger partial charge in [-0.15, -0.1) is 0 Å². The van der Waals surface area contributed by atoms with Crippen molar-refractivity contribution in [2.24, 2.45) is 5.92 Å². The zero-order valence-corrected chi connectivity index (χ0v) is 16.8.